The van der Waals surface area contributed by atoms with Crippen LogP contribution in [0.3, 0.4) is 0 Å². The van der Waals surface area contributed by atoms with Crippen LogP contribution in [0.2, 0.25) is 0 Å². The summed E-state index contributed by atoms with van der Waals surface area (Å²) in [5.41, 5.74) is 7.95. The Morgan fingerprint density at radius 1 is 1.36 bits per heavy atom. The fraction of sp³-hybridized carbons (Fsp3) is 0.333. The molecule has 1 rings (SSSR count). The van der Waals surface area contributed by atoms with Crippen LogP contribution in [0.4, 0.5) is 0 Å². The van der Waals surface area contributed by atoms with Crippen molar-refractivity contribution in [2.24, 2.45) is 5.73 Å². The lowest BCUT2D eigenvalue weighted by Crippen LogP contribution is -1.96. The molecule has 0 amide bonds. The highest BCUT2D eigenvalue weighted by Gasteiger charge is 1.94. The molecule has 76 valence electrons. The van der Waals surface area contributed by atoms with Gasteiger partial charge in [-0.05, 0) is 44.0 Å². The topological polar surface area (TPSA) is 46.2 Å². The molecule has 0 saturated heterocycles. The van der Waals surface area contributed by atoms with E-state index in [-0.39, 0.29) is 0 Å². The van der Waals surface area contributed by atoms with E-state index in [1.165, 1.54) is 11.1 Å². The molecule has 0 atom stereocenters. The second-order valence-electron chi connectivity index (χ2n) is 3.47. The predicted molar refractivity (Wildman–Crippen MR) is 59.2 cm³/mol. The van der Waals surface area contributed by atoms with Crippen LogP contribution in [0.15, 0.2) is 35.9 Å². The summed E-state index contributed by atoms with van der Waals surface area (Å²) in [7, 11) is 0. The van der Waals surface area contributed by atoms with E-state index in [2.05, 4.69) is 13.0 Å². The van der Waals surface area contributed by atoms with Crippen LogP contribution in [0.5, 0.6) is 5.75 Å². The summed E-state index contributed by atoms with van der Waals surface area (Å²) in [5, 5.41) is 9.10. The standard InChI is InChI=1S/C12H17NO/c1-10(3-2-8-13)9-11-4-6-12(14)7-5-11/h3-7,14H,2,8-9,13H2,1H3. The highest BCUT2D eigenvalue weighted by molar-refractivity contribution is 5.28. The van der Waals surface area contributed by atoms with Crippen LogP contribution in [-0.2, 0) is 6.42 Å². The van der Waals surface area contributed by atoms with Gasteiger partial charge in [-0.25, -0.2) is 0 Å². The molecule has 0 heterocycles. The molecule has 0 spiro atoms. The van der Waals surface area contributed by atoms with Gasteiger partial charge in [0.15, 0.2) is 0 Å². The van der Waals surface area contributed by atoms with Gasteiger partial charge in [-0.2, -0.15) is 0 Å². The van der Waals surface area contributed by atoms with Gasteiger partial charge >= 0.3 is 0 Å². The number of rotatable bonds is 4. The molecule has 0 saturated carbocycles. The van der Waals surface area contributed by atoms with Crippen LogP contribution < -0.4 is 5.73 Å². The van der Waals surface area contributed by atoms with E-state index in [1.807, 2.05) is 12.1 Å². The number of phenols is 1. The average molecular weight is 191 g/mol. The normalized spacial score (nSPS) is 11.7. The molecular weight excluding hydrogens is 174 g/mol. The number of nitrogens with two attached hydrogens (primary N) is 1. The maximum atomic E-state index is 9.10. The second kappa shape index (κ2) is 5.45. The van der Waals surface area contributed by atoms with E-state index in [4.69, 9.17) is 10.8 Å². The summed E-state index contributed by atoms with van der Waals surface area (Å²) in [6.45, 7) is 2.80. The Labute approximate surface area is 85.1 Å². The zero-order valence-corrected chi connectivity index (χ0v) is 8.53. The van der Waals surface area contributed by atoms with Gasteiger partial charge in [-0.3, -0.25) is 0 Å². The first kappa shape index (κ1) is 10.8. The fourth-order valence-corrected chi connectivity index (χ4v) is 1.34. The molecule has 0 aliphatic heterocycles. The molecule has 0 radical (unpaired) electrons. The van der Waals surface area contributed by atoms with Crippen molar-refractivity contribution >= 4 is 0 Å². The van der Waals surface area contributed by atoms with E-state index in [1.54, 1.807) is 12.1 Å². The largest absolute Gasteiger partial charge is 0.508 e. The second-order valence-corrected chi connectivity index (χ2v) is 3.47. The SMILES string of the molecule is CC(=CCCN)Cc1ccc(O)cc1. The summed E-state index contributed by atoms with van der Waals surface area (Å²) in [5.74, 6) is 0.317. The first-order valence-electron chi connectivity index (χ1n) is 4.86. The van der Waals surface area contributed by atoms with Gasteiger partial charge in [-0.1, -0.05) is 23.8 Å². The maximum absolute atomic E-state index is 9.10. The van der Waals surface area contributed by atoms with Gasteiger partial charge in [0.1, 0.15) is 5.75 Å². The van der Waals surface area contributed by atoms with Gasteiger partial charge in [-0.15, -0.1) is 0 Å². The number of aromatic hydroxyl groups is 1. The smallest absolute Gasteiger partial charge is 0.115 e. The molecule has 1 aromatic rings. The molecule has 0 bridgehead atoms. The van der Waals surface area contributed by atoms with Crippen LogP contribution in [0.25, 0.3) is 0 Å². The van der Waals surface area contributed by atoms with Gasteiger partial charge < -0.3 is 10.8 Å². The number of hydrogen-bond donors (Lipinski definition) is 2. The molecule has 0 fully saturated rings. The van der Waals surface area contributed by atoms with Crippen molar-refractivity contribution in [1.29, 1.82) is 0 Å². The molecule has 2 nitrogen and oxygen atoms in total. The summed E-state index contributed by atoms with van der Waals surface area (Å²) < 4.78 is 0. The number of phenolic OH excluding ortho intramolecular Hbond substituents is 1. The van der Waals surface area contributed by atoms with E-state index in [9.17, 15) is 0 Å². The molecule has 2 heteroatoms. The van der Waals surface area contributed by atoms with E-state index in [0.717, 1.165) is 12.8 Å². The third kappa shape index (κ3) is 3.62. The van der Waals surface area contributed by atoms with Gasteiger partial charge in [0.05, 0.1) is 0 Å². The van der Waals surface area contributed by atoms with Gasteiger partial charge in [0, 0.05) is 0 Å². The van der Waals surface area contributed by atoms with Gasteiger partial charge in [0.25, 0.3) is 0 Å². The minimum atomic E-state index is 0.317. The monoisotopic (exact) mass is 191 g/mol. The first-order valence-corrected chi connectivity index (χ1v) is 4.86. The van der Waals surface area contributed by atoms with E-state index >= 15 is 0 Å². The summed E-state index contributed by atoms with van der Waals surface area (Å²) in [4.78, 5) is 0. The highest BCUT2D eigenvalue weighted by atomic mass is 16.3. The van der Waals surface area contributed by atoms with E-state index < -0.39 is 0 Å². The molecule has 0 unspecified atom stereocenters. The molecular formula is C12H17NO. The van der Waals surface area contributed by atoms with Crippen molar-refractivity contribution < 1.29 is 5.11 Å². The fourth-order valence-electron chi connectivity index (χ4n) is 1.34. The number of hydrogen-bond acceptors (Lipinski definition) is 2. The molecule has 1 aromatic carbocycles. The highest BCUT2D eigenvalue weighted by Crippen LogP contribution is 2.13. The molecule has 0 aliphatic rings. The number of benzene rings is 1. The van der Waals surface area contributed by atoms with Crippen LogP contribution in [-0.4, -0.2) is 11.7 Å². The van der Waals surface area contributed by atoms with Crippen LogP contribution in [0, 0.1) is 0 Å². The average Bonchev–Trinajstić information content (AvgIpc) is 2.18. The Balaban J connectivity index is 2.56. The van der Waals surface area contributed by atoms with Crippen molar-refractivity contribution in [2.75, 3.05) is 6.54 Å². The van der Waals surface area contributed by atoms with Crippen LogP contribution in [0.1, 0.15) is 18.9 Å². The third-order valence-electron chi connectivity index (χ3n) is 2.08. The molecule has 3 N–H and O–H groups in total. The molecule has 0 aromatic heterocycles. The Hall–Kier alpha value is -1.28. The Kier molecular flexibility index (Phi) is 4.20. The predicted octanol–water partition coefficient (Wildman–Crippen LogP) is 2.23. The van der Waals surface area contributed by atoms with Crippen molar-refractivity contribution in [3.63, 3.8) is 0 Å². The van der Waals surface area contributed by atoms with Crippen molar-refractivity contribution in [2.45, 2.75) is 19.8 Å². The Morgan fingerprint density at radius 2 is 2.00 bits per heavy atom. The van der Waals surface area contributed by atoms with Crippen LogP contribution >= 0.6 is 0 Å². The first-order chi connectivity index (χ1) is 6.72. The molecule has 14 heavy (non-hydrogen) atoms. The maximum Gasteiger partial charge on any atom is 0.115 e. The van der Waals surface area contributed by atoms with E-state index in [0.29, 0.717) is 12.3 Å². The quantitative estimate of drug-likeness (QED) is 0.717. The van der Waals surface area contributed by atoms with Crippen molar-refractivity contribution in [1.82, 2.24) is 0 Å². The van der Waals surface area contributed by atoms with Crippen molar-refractivity contribution in [3.8, 4) is 5.75 Å². The summed E-state index contributed by atoms with van der Waals surface area (Å²) in [6, 6.07) is 7.31. The molecule has 0 aliphatic carbocycles. The van der Waals surface area contributed by atoms with Gasteiger partial charge in [0.2, 0.25) is 0 Å². The Bertz CT molecular complexity index is 301. The van der Waals surface area contributed by atoms with Crippen molar-refractivity contribution in [3.05, 3.63) is 41.5 Å². The minimum Gasteiger partial charge on any atom is -0.508 e. The summed E-state index contributed by atoms with van der Waals surface area (Å²) in [6.07, 6.45) is 4.02. The zero-order chi connectivity index (χ0) is 10.4. The summed E-state index contributed by atoms with van der Waals surface area (Å²) >= 11 is 0. The Morgan fingerprint density at radius 3 is 2.57 bits per heavy atom. The lowest BCUT2D eigenvalue weighted by atomic mass is 10.1. The lowest BCUT2D eigenvalue weighted by molar-refractivity contribution is 0.475. The lowest BCUT2D eigenvalue weighted by Gasteiger charge is -2.02. The zero-order valence-electron chi connectivity index (χ0n) is 8.53. The number of allylic oxidation sites excluding steroid dienone is 1. The minimum absolute atomic E-state index is 0.317. The third-order valence-corrected chi connectivity index (χ3v) is 2.08.